The Morgan fingerprint density at radius 3 is 2.53 bits per heavy atom. The van der Waals surface area contributed by atoms with E-state index in [1.165, 1.54) is 6.42 Å². The molecule has 2 rings (SSSR count). The van der Waals surface area contributed by atoms with E-state index in [0.29, 0.717) is 21.6 Å². The molecule has 4 heteroatoms. The number of rotatable bonds is 2. The first kappa shape index (κ1) is 13.3. The number of nitrogens with two attached hydrogens (primary N) is 1. The monoisotopic (exact) mass is 319 g/mol. The van der Waals surface area contributed by atoms with Gasteiger partial charge in [-0.1, -0.05) is 30.9 Å². The molecule has 1 fully saturated rings. The molecule has 1 aliphatic carbocycles. The van der Waals surface area contributed by atoms with Crippen LogP contribution < -0.4 is 5.73 Å². The van der Waals surface area contributed by atoms with Gasteiger partial charge in [-0.3, -0.25) is 0 Å². The molecular formula is C13H16BrClFN. The maximum absolute atomic E-state index is 14.3. The Hall–Kier alpha value is -0.120. The lowest BCUT2D eigenvalue weighted by Gasteiger charge is -2.37. The normalized spacial score (nSPS) is 19.3. The van der Waals surface area contributed by atoms with E-state index in [1.807, 2.05) is 0 Å². The van der Waals surface area contributed by atoms with Crippen LogP contribution in [0.1, 0.15) is 37.7 Å². The highest BCUT2D eigenvalue weighted by atomic mass is 79.9. The molecular weight excluding hydrogens is 305 g/mol. The van der Waals surface area contributed by atoms with Gasteiger partial charge in [0.25, 0.3) is 0 Å². The molecule has 94 valence electrons. The van der Waals surface area contributed by atoms with Gasteiger partial charge in [0, 0.05) is 22.5 Å². The lowest BCUT2D eigenvalue weighted by Crippen LogP contribution is -2.38. The third-order valence-electron chi connectivity index (χ3n) is 3.78. The molecule has 0 atom stereocenters. The molecule has 2 N–H and O–H groups in total. The van der Waals surface area contributed by atoms with E-state index in [2.05, 4.69) is 15.9 Å². The molecule has 0 aliphatic heterocycles. The van der Waals surface area contributed by atoms with Crippen molar-refractivity contribution in [2.24, 2.45) is 5.73 Å². The van der Waals surface area contributed by atoms with Crippen molar-refractivity contribution in [3.63, 3.8) is 0 Å². The molecule has 1 aromatic carbocycles. The summed E-state index contributed by atoms with van der Waals surface area (Å²) in [5.41, 5.74) is 6.25. The van der Waals surface area contributed by atoms with E-state index in [4.69, 9.17) is 17.3 Å². The van der Waals surface area contributed by atoms with Crippen molar-refractivity contribution in [3.05, 3.63) is 33.0 Å². The van der Waals surface area contributed by atoms with Crippen molar-refractivity contribution in [1.82, 2.24) is 0 Å². The van der Waals surface area contributed by atoms with E-state index in [1.54, 1.807) is 12.1 Å². The van der Waals surface area contributed by atoms with Gasteiger partial charge in [0.05, 0.1) is 4.47 Å². The Labute approximate surface area is 115 Å². The van der Waals surface area contributed by atoms with Crippen molar-refractivity contribution >= 4 is 27.5 Å². The second kappa shape index (κ2) is 5.25. The Bertz CT molecular complexity index is 416. The average Bonchev–Trinajstić information content (AvgIpc) is 2.35. The molecule has 1 nitrogen and oxygen atoms in total. The van der Waals surface area contributed by atoms with Gasteiger partial charge in [0.1, 0.15) is 5.82 Å². The number of hydrogen-bond acceptors (Lipinski definition) is 1. The molecule has 0 amide bonds. The lowest BCUT2D eigenvalue weighted by molar-refractivity contribution is 0.291. The molecule has 1 saturated carbocycles. The third-order valence-corrected chi connectivity index (χ3v) is 4.70. The van der Waals surface area contributed by atoms with Crippen LogP contribution >= 0.6 is 27.5 Å². The largest absolute Gasteiger partial charge is 0.330 e. The maximum atomic E-state index is 14.3. The van der Waals surface area contributed by atoms with Crippen LogP contribution in [0, 0.1) is 5.82 Å². The van der Waals surface area contributed by atoms with Crippen LogP contribution in [0.25, 0.3) is 0 Å². The second-order valence-corrected chi connectivity index (χ2v) is 6.02. The van der Waals surface area contributed by atoms with Gasteiger partial charge in [-0.25, -0.2) is 4.39 Å². The zero-order valence-electron chi connectivity index (χ0n) is 9.61. The Kier molecular flexibility index (Phi) is 4.11. The molecule has 17 heavy (non-hydrogen) atoms. The van der Waals surface area contributed by atoms with Crippen LogP contribution in [0.15, 0.2) is 16.6 Å². The molecule has 0 heterocycles. The minimum absolute atomic E-state index is 0.246. The van der Waals surface area contributed by atoms with Gasteiger partial charge in [-0.2, -0.15) is 0 Å². The smallest absolute Gasteiger partial charge is 0.142 e. The molecule has 1 aliphatic rings. The molecule has 0 spiro atoms. The standard InChI is InChI=1S/C13H16BrClFN/c14-9-4-5-10(15)11(12(9)16)13(8-17)6-2-1-3-7-13/h4-5H,1-3,6-8,17H2. The summed E-state index contributed by atoms with van der Waals surface area (Å²) in [5, 5.41) is 0.498. The lowest BCUT2D eigenvalue weighted by atomic mass is 9.69. The number of halogens is 3. The molecule has 0 aromatic heterocycles. The summed E-state index contributed by atoms with van der Waals surface area (Å²) < 4.78 is 14.8. The zero-order valence-corrected chi connectivity index (χ0v) is 12.0. The molecule has 0 radical (unpaired) electrons. The summed E-state index contributed by atoms with van der Waals surface area (Å²) in [6, 6.07) is 3.39. The predicted octanol–water partition coefficient (Wildman–Crippen LogP) is 4.40. The highest BCUT2D eigenvalue weighted by Crippen LogP contribution is 2.44. The van der Waals surface area contributed by atoms with E-state index >= 15 is 0 Å². The third kappa shape index (κ3) is 2.38. The van der Waals surface area contributed by atoms with Crippen LogP contribution in [-0.4, -0.2) is 6.54 Å². The number of benzene rings is 1. The summed E-state index contributed by atoms with van der Waals surface area (Å²) >= 11 is 9.41. The second-order valence-electron chi connectivity index (χ2n) is 4.76. The summed E-state index contributed by atoms with van der Waals surface area (Å²) in [6.07, 6.45) is 5.25. The van der Waals surface area contributed by atoms with Gasteiger partial charge in [0.15, 0.2) is 0 Å². The molecule has 0 unspecified atom stereocenters. The van der Waals surface area contributed by atoms with Gasteiger partial charge < -0.3 is 5.73 Å². The van der Waals surface area contributed by atoms with Crippen LogP contribution in [-0.2, 0) is 5.41 Å². The van der Waals surface area contributed by atoms with Crippen molar-refractivity contribution < 1.29 is 4.39 Å². The van der Waals surface area contributed by atoms with E-state index in [9.17, 15) is 4.39 Å². The first-order chi connectivity index (χ1) is 8.10. The Morgan fingerprint density at radius 2 is 1.94 bits per heavy atom. The summed E-state index contributed by atoms with van der Waals surface area (Å²) in [6.45, 7) is 0.458. The zero-order chi connectivity index (χ0) is 12.5. The number of hydrogen-bond donors (Lipinski definition) is 1. The van der Waals surface area contributed by atoms with Gasteiger partial charge in [-0.05, 0) is 40.9 Å². The van der Waals surface area contributed by atoms with Crippen LogP contribution in [0.2, 0.25) is 5.02 Å². The fourth-order valence-electron chi connectivity index (χ4n) is 2.80. The highest BCUT2D eigenvalue weighted by Gasteiger charge is 2.37. The van der Waals surface area contributed by atoms with Crippen LogP contribution in [0.4, 0.5) is 4.39 Å². The van der Waals surface area contributed by atoms with Crippen molar-refractivity contribution in [3.8, 4) is 0 Å². The van der Waals surface area contributed by atoms with Crippen LogP contribution in [0.3, 0.4) is 0 Å². The molecule has 0 saturated heterocycles. The first-order valence-corrected chi connectivity index (χ1v) is 7.12. The predicted molar refractivity (Wildman–Crippen MR) is 72.9 cm³/mol. The van der Waals surface area contributed by atoms with Gasteiger partial charge in [0.2, 0.25) is 0 Å². The minimum Gasteiger partial charge on any atom is -0.330 e. The molecule has 0 bridgehead atoms. The minimum atomic E-state index is -0.275. The quantitative estimate of drug-likeness (QED) is 0.803. The summed E-state index contributed by atoms with van der Waals surface area (Å²) in [7, 11) is 0. The van der Waals surface area contributed by atoms with E-state index in [0.717, 1.165) is 25.7 Å². The van der Waals surface area contributed by atoms with E-state index in [-0.39, 0.29) is 11.2 Å². The van der Waals surface area contributed by atoms with Crippen LogP contribution in [0.5, 0.6) is 0 Å². The van der Waals surface area contributed by atoms with Crippen molar-refractivity contribution in [2.75, 3.05) is 6.54 Å². The first-order valence-electron chi connectivity index (χ1n) is 5.95. The fraction of sp³-hybridized carbons (Fsp3) is 0.538. The fourth-order valence-corrected chi connectivity index (χ4v) is 3.47. The van der Waals surface area contributed by atoms with Crippen molar-refractivity contribution in [2.45, 2.75) is 37.5 Å². The maximum Gasteiger partial charge on any atom is 0.142 e. The van der Waals surface area contributed by atoms with Gasteiger partial charge in [-0.15, -0.1) is 0 Å². The van der Waals surface area contributed by atoms with Gasteiger partial charge >= 0.3 is 0 Å². The average molecular weight is 321 g/mol. The SMILES string of the molecule is NCC1(c2c(Cl)ccc(Br)c2F)CCCCC1. The highest BCUT2D eigenvalue weighted by molar-refractivity contribution is 9.10. The summed E-state index contributed by atoms with van der Waals surface area (Å²) in [5.74, 6) is -0.246. The Balaban J connectivity index is 2.53. The van der Waals surface area contributed by atoms with Crippen molar-refractivity contribution in [1.29, 1.82) is 0 Å². The van der Waals surface area contributed by atoms with E-state index < -0.39 is 0 Å². The summed E-state index contributed by atoms with van der Waals surface area (Å²) in [4.78, 5) is 0. The topological polar surface area (TPSA) is 26.0 Å². The molecule has 1 aromatic rings. The Morgan fingerprint density at radius 1 is 1.29 bits per heavy atom.